The highest BCUT2D eigenvalue weighted by molar-refractivity contribution is 7.16. The average Bonchev–Trinajstić information content (AvgIpc) is 2.86. The van der Waals surface area contributed by atoms with Gasteiger partial charge in [0.2, 0.25) is 0 Å². The van der Waals surface area contributed by atoms with Crippen LogP contribution in [0, 0.1) is 0 Å². The molecule has 0 bridgehead atoms. The number of thiophene rings is 1. The molecule has 1 heterocycles. The van der Waals surface area contributed by atoms with Gasteiger partial charge in [0.05, 0.1) is 10.4 Å². The van der Waals surface area contributed by atoms with Gasteiger partial charge < -0.3 is 5.32 Å². The maximum Gasteiger partial charge on any atom is 0.0931 e. The second-order valence-corrected chi connectivity index (χ2v) is 6.85. The minimum absolute atomic E-state index is 0.254. The van der Waals surface area contributed by atoms with Crippen LogP contribution in [-0.2, 0) is 12.8 Å². The smallest absolute Gasteiger partial charge is 0.0931 e. The molecule has 3 heteroatoms. The monoisotopic (exact) mass is 291 g/mol. The Labute approximate surface area is 123 Å². The van der Waals surface area contributed by atoms with Crippen molar-refractivity contribution in [2.24, 2.45) is 0 Å². The van der Waals surface area contributed by atoms with Crippen LogP contribution in [0.4, 0.5) is 0 Å². The molecule has 1 aromatic carbocycles. The lowest BCUT2D eigenvalue weighted by Crippen LogP contribution is -2.17. The Bertz CT molecular complexity index is 576. The first-order valence-electron chi connectivity index (χ1n) is 6.82. The summed E-state index contributed by atoms with van der Waals surface area (Å²) in [5, 5.41) is 3.41. The van der Waals surface area contributed by atoms with Crippen molar-refractivity contribution in [3.05, 3.63) is 56.2 Å². The highest BCUT2D eigenvalue weighted by Crippen LogP contribution is 2.32. The zero-order valence-corrected chi connectivity index (χ0v) is 12.7. The van der Waals surface area contributed by atoms with E-state index >= 15 is 0 Å². The van der Waals surface area contributed by atoms with Gasteiger partial charge in [-0.3, -0.25) is 0 Å². The summed E-state index contributed by atoms with van der Waals surface area (Å²) in [6.07, 6.45) is 5.13. The molecule has 0 saturated heterocycles. The highest BCUT2D eigenvalue weighted by atomic mass is 35.5. The Morgan fingerprint density at radius 3 is 2.58 bits per heavy atom. The maximum absolute atomic E-state index is 6.06. The fourth-order valence-corrected chi connectivity index (χ4v) is 4.09. The first-order valence-corrected chi connectivity index (χ1v) is 8.01. The van der Waals surface area contributed by atoms with Gasteiger partial charge in [0, 0.05) is 4.88 Å². The number of rotatable bonds is 3. The third-order valence-electron chi connectivity index (χ3n) is 3.87. The number of hydrogen-bond acceptors (Lipinski definition) is 2. The van der Waals surface area contributed by atoms with E-state index in [0.717, 1.165) is 4.34 Å². The molecule has 1 nitrogen and oxygen atoms in total. The van der Waals surface area contributed by atoms with Crippen molar-refractivity contribution >= 4 is 22.9 Å². The first-order chi connectivity index (χ1) is 9.28. The van der Waals surface area contributed by atoms with Crippen molar-refractivity contribution in [3.8, 4) is 0 Å². The van der Waals surface area contributed by atoms with E-state index in [4.69, 9.17) is 11.6 Å². The van der Waals surface area contributed by atoms with Crippen LogP contribution in [0.1, 0.15) is 40.5 Å². The fraction of sp³-hybridized carbons (Fsp3) is 0.375. The number of halogens is 1. The third kappa shape index (κ3) is 2.71. The van der Waals surface area contributed by atoms with E-state index in [9.17, 15) is 0 Å². The molecule has 1 atom stereocenters. The number of fused-ring (bicyclic) bond motifs is 1. The number of hydrogen-bond donors (Lipinski definition) is 1. The van der Waals surface area contributed by atoms with Crippen molar-refractivity contribution in [2.45, 2.75) is 31.7 Å². The van der Waals surface area contributed by atoms with Gasteiger partial charge in [-0.1, -0.05) is 29.8 Å². The van der Waals surface area contributed by atoms with Crippen LogP contribution in [0.3, 0.4) is 0 Å². The van der Waals surface area contributed by atoms with Gasteiger partial charge in [-0.05, 0) is 61.6 Å². The van der Waals surface area contributed by atoms with Crippen molar-refractivity contribution in [1.29, 1.82) is 0 Å². The Morgan fingerprint density at radius 2 is 1.89 bits per heavy atom. The van der Waals surface area contributed by atoms with Crippen LogP contribution in [0.5, 0.6) is 0 Å². The molecule has 0 amide bonds. The summed E-state index contributed by atoms with van der Waals surface area (Å²) in [6, 6.07) is 11.3. The van der Waals surface area contributed by atoms with Gasteiger partial charge in [-0.2, -0.15) is 0 Å². The van der Waals surface area contributed by atoms with Gasteiger partial charge >= 0.3 is 0 Å². The molecule has 1 aliphatic carbocycles. The quantitative estimate of drug-likeness (QED) is 0.872. The molecule has 1 unspecified atom stereocenters. The molecule has 100 valence electrons. The standard InChI is InChI=1S/C16H18ClNS/c1-18-16(14-8-9-15(17)19-14)13-7-6-11-4-2-3-5-12(11)10-13/h6-10,16,18H,2-5H2,1H3. The molecule has 0 aliphatic heterocycles. The minimum Gasteiger partial charge on any atom is -0.309 e. The van der Waals surface area contributed by atoms with Gasteiger partial charge in [-0.15, -0.1) is 11.3 Å². The van der Waals surface area contributed by atoms with E-state index < -0.39 is 0 Å². The normalized spacial score (nSPS) is 16.1. The molecular formula is C16H18ClNS. The van der Waals surface area contributed by atoms with Crippen molar-refractivity contribution < 1.29 is 0 Å². The van der Waals surface area contributed by atoms with Crippen molar-refractivity contribution in [1.82, 2.24) is 5.32 Å². The number of nitrogens with one attached hydrogen (secondary N) is 1. The average molecular weight is 292 g/mol. The highest BCUT2D eigenvalue weighted by Gasteiger charge is 2.17. The van der Waals surface area contributed by atoms with E-state index in [2.05, 4.69) is 29.6 Å². The van der Waals surface area contributed by atoms with Crippen LogP contribution in [0.15, 0.2) is 30.3 Å². The van der Waals surface area contributed by atoms with Crippen molar-refractivity contribution in [3.63, 3.8) is 0 Å². The molecular weight excluding hydrogens is 274 g/mol. The Kier molecular flexibility index (Phi) is 3.92. The summed E-state index contributed by atoms with van der Waals surface area (Å²) < 4.78 is 0.855. The van der Waals surface area contributed by atoms with Crippen LogP contribution in [0.2, 0.25) is 4.34 Å². The Morgan fingerprint density at radius 1 is 1.11 bits per heavy atom. The Hall–Kier alpha value is -0.830. The zero-order valence-electron chi connectivity index (χ0n) is 11.1. The fourth-order valence-electron chi connectivity index (χ4n) is 2.89. The van der Waals surface area contributed by atoms with Crippen molar-refractivity contribution in [2.75, 3.05) is 7.05 Å². The molecule has 0 radical (unpaired) electrons. The molecule has 0 spiro atoms. The zero-order chi connectivity index (χ0) is 13.2. The van der Waals surface area contributed by atoms with E-state index in [0.29, 0.717) is 0 Å². The summed E-state index contributed by atoms with van der Waals surface area (Å²) in [5.41, 5.74) is 4.42. The van der Waals surface area contributed by atoms with E-state index in [1.807, 2.05) is 13.1 Å². The molecule has 2 aromatic rings. The SMILES string of the molecule is CNC(c1ccc2c(c1)CCCC2)c1ccc(Cl)s1. The summed E-state index contributed by atoms with van der Waals surface area (Å²) in [5.74, 6) is 0. The lowest BCUT2D eigenvalue weighted by atomic mass is 9.89. The van der Waals surface area contributed by atoms with Gasteiger partial charge in [0.1, 0.15) is 0 Å². The molecule has 1 N–H and O–H groups in total. The second kappa shape index (κ2) is 5.66. The molecule has 19 heavy (non-hydrogen) atoms. The van der Waals surface area contributed by atoms with Crippen LogP contribution in [0.25, 0.3) is 0 Å². The van der Waals surface area contributed by atoms with Gasteiger partial charge in [0.25, 0.3) is 0 Å². The van der Waals surface area contributed by atoms with Gasteiger partial charge in [-0.25, -0.2) is 0 Å². The molecule has 1 aromatic heterocycles. The molecule has 1 aliphatic rings. The largest absolute Gasteiger partial charge is 0.309 e. The number of benzene rings is 1. The maximum atomic E-state index is 6.06. The van der Waals surface area contributed by atoms with E-state index in [1.54, 1.807) is 11.3 Å². The van der Waals surface area contributed by atoms with E-state index in [1.165, 1.54) is 47.3 Å². The summed E-state index contributed by atoms with van der Waals surface area (Å²) in [4.78, 5) is 1.28. The van der Waals surface area contributed by atoms with Crippen LogP contribution >= 0.6 is 22.9 Å². The molecule has 3 rings (SSSR count). The summed E-state index contributed by atoms with van der Waals surface area (Å²) >= 11 is 7.71. The number of aryl methyl sites for hydroxylation is 2. The van der Waals surface area contributed by atoms with Crippen LogP contribution < -0.4 is 5.32 Å². The second-order valence-electron chi connectivity index (χ2n) is 5.10. The predicted molar refractivity (Wildman–Crippen MR) is 83.3 cm³/mol. The van der Waals surface area contributed by atoms with E-state index in [-0.39, 0.29) is 6.04 Å². The van der Waals surface area contributed by atoms with Gasteiger partial charge in [0.15, 0.2) is 0 Å². The predicted octanol–water partition coefficient (Wildman–Crippen LogP) is 4.59. The first kappa shape index (κ1) is 13.2. The molecule has 0 fully saturated rings. The minimum atomic E-state index is 0.254. The Balaban J connectivity index is 1.95. The molecule has 0 saturated carbocycles. The summed E-state index contributed by atoms with van der Waals surface area (Å²) in [6.45, 7) is 0. The van der Waals surface area contributed by atoms with Crippen LogP contribution in [-0.4, -0.2) is 7.05 Å². The summed E-state index contributed by atoms with van der Waals surface area (Å²) in [7, 11) is 2.01. The lowest BCUT2D eigenvalue weighted by Gasteiger charge is -2.20. The lowest BCUT2D eigenvalue weighted by molar-refractivity contribution is 0.672. The topological polar surface area (TPSA) is 12.0 Å². The third-order valence-corrected chi connectivity index (χ3v) is 5.17.